The highest BCUT2D eigenvalue weighted by Gasteiger charge is 2.36. The molecule has 2 nitrogen and oxygen atoms in total. The van der Waals surface area contributed by atoms with Crippen molar-refractivity contribution in [3.8, 4) is 11.3 Å². The van der Waals surface area contributed by atoms with Gasteiger partial charge in [-0.1, -0.05) is 60.7 Å². The van der Waals surface area contributed by atoms with E-state index < -0.39 is 18.5 Å². The molecule has 0 aliphatic heterocycles. The SMILES string of the molecule is FC(F)(F)CC(c1cccc(N=C=S)c1)c1c(-c2ccccc2)[nH]c2ccccc12. The number of hydrogen-bond donors (Lipinski definition) is 1. The standard InChI is InChI=1S/C24H17F3N2S/c25-24(26,27)14-20(17-9-6-10-18(13-17)28-15-30)22-19-11-4-5-12-21(19)29-23(22)16-7-2-1-3-8-16/h1-13,20,29H,14H2. The highest BCUT2D eigenvalue weighted by molar-refractivity contribution is 7.78. The molecule has 0 fully saturated rings. The van der Waals surface area contributed by atoms with Gasteiger partial charge in [0.15, 0.2) is 0 Å². The first-order valence-electron chi connectivity index (χ1n) is 9.37. The Kier molecular flexibility index (Phi) is 5.53. The Morgan fingerprint density at radius 3 is 2.40 bits per heavy atom. The summed E-state index contributed by atoms with van der Waals surface area (Å²) < 4.78 is 41.1. The van der Waals surface area contributed by atoms with Crippen molar-refractivity contribution < 1.29 is 13.2 Å². The smallest absolute Gasteiger partial charge is 0.354 e. The predicted octanol–water partition coefficient (Wildman–Crippen LogP) is 7.65. The average molecular weight is 422 g/mol. The average Bonchev–Trinajstić information content (AvgIpc) is 3.12. The summed E-state index contributed by atoms with van der Waals surface area (Å²) in [5, 5.41) is 3.05. The van der Waals surface area contributed by atoms with Gasteiger partial charge in [-0.3, -0.25) is 0 Å². The zero-order valence-electron chi connectivity index (χ0n) is 15.8. The van der Waals surface area contributed by atoms with E-state index in [0.29, 0.717) is 22.5 Å². The van der Waals surface area contributed by atoms with Gasteiger partial charge in [0.05, 0.1) is 23.0 Å². The highest BCUT2D eigenvalue weighted by atomic mass is 32.1. The Hall–Kier alpha value is -3.21. The Labute approximate surface area is 177 Å². The molecule has 4 aromatic rings. The number of rotatable bonds is 5. The first kappa shape index (κ1) is 20.1. The Morgan fingerprint density at radius 1 is 0.933 bits per heavy atom. The normalized spacial score (nSPS) is 12.5. The monoisotopic (exact) mass is 422 g/mol. The number of hydrogen-bond acceptors (Lipinski definition) is 2. The number of nitrogens with one attached hydrogen (secondary N) is 1. The fourth-order valence-corrected chi connectivity index (χ4v) is 3.95. The predicted molar refractivity (Wildman–Crippen MR) is 117 cm³/mol. The van der Waals surface area contributed by atoms with Crippen LogP contribution in [0.5, 0.6) is 0 Å². The lowest BCUT2D eigenvalue weighted by Gasteiger charge is -2.21. The van der Waals surface area contributed by atoms with Gasteiger partial charge in [-0.25, -0.2) is 0 Å². The minimum Gasteiger partial charge on any atom is -0.354 e. The van der Waals surface area contributed by atoms with Crippen LogP contribution in [-0.4, -0.2) is 16.3 Å². The molecule has 0 radical (unpaired) electrons. The lowest BCUT2D eigenvalue weighted by atomic mass is 9.85. The van der Waals surface area contributed by atoms with E-state index in [4.69, 9.17) is 0 Å². The van der Waals surface area contributed by atoms with Crippen molar-refractivity contribution >= 4 is 34.0 Å². The molecule has 30 heavy (non-hydrogen) atoms. The van der Waals surface area contributed by atoms with Gasteiger partial charge < -0.3 is 4.98 Å². The van der Waals surface area contributed by atoms with Crippen LogP contribution < -0.4 is 0 Å². The summed E-state index contributed by atoms with van der Waals surface area (Å²) in [6, 6.07) is 23.6. The molecule has 0 bridgehead atoms. The first-order chi connectivity index (χ1) is 14.5. The minimum atomic E-state index is -4.35. The molecule has 0 aliphatic carbocycles. The van der Waals surface area contributed by atoms with Crippen molar-refractivity contribution in [1.29, 1.82) is 0 Å². The van der Waals surface area contributed by atoms with Crippen molar-refractivity contribution in [3.63, 3.8) is 0 Å². The lowest BCUT2D eigenvalue weighted by Crippen LogP contribution is -2.15. The fourth-order valence-electron chi connectivity index (χ4n) is 3.84. The second kappa shape index (κ2) is 8.27. The quantitative estimate of drug-likeness (QED) is 0.260. The van der Waals surface area contributed by atoms with E-state index in [2.05, 4.69) is 27.4 Å². The van der Waals surface area contributed by atoms with Crippen LogP contribution in [0, 0.1) is 0 Å². The number of thiocarbonyl (C=S) groups is 1. The molecule has 1 heterocycles. The van der Waals surface area contributed by atoms with Gasteiger partial charge in [0.25, 0.3) is 0 Å². The van der Waals surface area contributed by atoms with Gasteiger partial charge in [-0.2, -0.15) is 18.2 Å². The number of benzene rings is 3. The van der Waals surface area contributed by atoms with Gasteiger partial charge >= 0.3 is 6.18 Å². The number of fused-ring (bicyclic) bond motifs is 1. The molecule has 1 N–H and O–H groups in total. The number of H-pyrrole nitrogens is 1. The van der Waals surface area contributed by atoms with Crippen LogP contribution in [0.15, 0.2) is 83.9 Å². The van der Waals surface area contributed by atoms with Crippen LogP contribution in [0.1, 0.15) is 23.5 Å². The molecule has 150 valence electrons. The van der Waals surface area contributed by atoms with Crippen LogP contribution in [0.3, 0.4) is 0 Å². The molecule has 1 aromatic heterocycles. The van der Waals surface area contributed by atoms with Crippen molar-refractivity contribution in [1.82, 2.24) is 4.98 Å². The van der Waals surface area contributed by atoms with E-state index in [0.717, 1.165) is 16.5 Å². The van der Waals surface area contributed by atoms with Crippen LogP contribution in [0.4, 0.5) is 18.9 Å². The maximum absolute atomic E-state index is 13.7. The molecule has 0 amide bonds. The van der Waals surface area contributed by atoms with Crippen molar-refractivity contribution in [3.05, 3.63) is 90.0 Å². The van der Waals surface area contributed by atoms with Gasteiger partial charge in [0.1, 0.15) is 0 Å². The molecule has 0 aliphatic rings. The molecule has 1 unspecified atom stereocenters. The van der Waals surface area contributed by atoms with E-state index >= 15 is 0 Å². The maximum Gasteiger partial charge on any atom is 0.390 e. The number of halogens is 3. The number of aliphatic imine (C=N–C) groups is 1. The molecule has 6 heteroatoms. The van der Waals surface area contributed by atoms with Crippen molar-refractivity contribution in [2.24, 2.45) is 4.99 Å². The Morgan fingerprint density at radius 2 is 1.67 bits per heavy atom. The number of para-hydroxylation sites is 1. The Bertz CT molecular complexity index is 1220. The van der Waals surface area contributed by atoms with E-state index in [-0.39, 0.29) is 0 Å². The van der Waals surface area contributed by atoms with E-state index in [1.54, 1.807) is 24.3 Å². The van der Waals surface area contributed by atoms with Crippen LogP contribution >= 0.6 is 12.2 Å². The van der Waals surface area contributed by atoms with E-state index in [1.165, 1.54) is 0 Å². The van der Waals surface area contributed by atoms with E-state index in [1.807, 2.05) is 54.6 Å². The molecule has 4 rings (SSSR count). The van der Waals surface area contributed by atoms with Crippen molar-refractivity contribution in [2.45, 2.75) is 18.5 Å². The number of alkyl halides is 3. The lowest BCUT2D eigenvalue weighted by molar-refractivity contribution is -0.136. The molecule has 0 spiro atoms. The maximum atomic E-state index is 13.7. The number of aromatic amines is 1. The zero-order chi connectivity index (χ0) is 21.1. The van der Waals surface area contributed by atoms with Gasteiger partial charge in [0.2, 0.25) is 0 Å². The fraction of sp³-hybridized carbons (Fsp3) is 0.125. The summed E-state index contributed by atoms with van der Waals surface area (Å²) in [4.78, 5) is 7.28. The summed E-state index contributed by atoms with van der Waals surface area (Å²) in [5.74, 6) is -0.906. The molecule has 0 saturated heterocycles. The summed E-state index contributed by atoms with van der Waals surface area (Å²) >= 11 is 4.66. The second-order valence-corrected chi connectivity index (χ2v) is 7.18. The molecular formula is C24H17F3N2S. The molecule has 3 aromatic carbocycles. The largest absolute Gasteiger partial charge is 0.390 e. The summed E-state index contributed by atoms with van der Waals surface area (Å²) in [6.07, 6.45) is -5.33. The van der Waals surface area contributed by atoms with Crippen LogP contribution in [0.25, 0.3) is 22.2 Å². The van der Waals surface area contributed by atoms with Gasteiger partial charge in [-0.15, -0.1) is 0 Å². The third kappa shape index (κ3) is 4.20. The van der Waals surface area contributed by atoms with Gasteiger partial charge in [-0.05, 0) is 47.1 Å². The van der Waals surface area contributed by atoms with Crippen LogP contribution in [0.2, 0.25) is 0 Å². The van der Waals surface area contributed by atoms with Crippen LogP contribution in [-0.2, 0) is 0 Å². The minimum absolute atomic E-state index is 0.482. The third-order valence-corrected chi connectivity index (χ3v) is 5.13. The molecule has 0 saturated carbocycles. The topological polar surface area (TPSA) is 28.1 Å². The first-order valence-corrected chi connectivity index (χ1v) is 9.78. The highest BCUT2D eigenvalue weighted by Crippen LogP contribution is 2.44. The van der Waals surface area contributed by atoms with Gasteiger partial charge in [0, 0.05) is 16.8 Å². The number of nitrogens with zero attached hydrogens (tertiary/aromatic N) is 1. The Balaban J connectivity index is 1.99. The summed E-state index contributed by atoms with van der Waals surface area (Å²) in [6.45, 7) is 0. The zero-order valence-corrected chi connectivity index (χ0v) is 16.6. The number of aromatic nitrogens is 1. The summed E-state index contributed by atoms with van der Waals surface area (Å²) in [7, 11) is 0. The number of isothiocyanates is 1. The van der Waals surface area contributed by atoms with Crippen molar-refractivity contribution in [2.75, 3.05) is 0 Å². The summed E-state index contributed by atoms with van der Waals surface area (Å²) in [5.41, 5.74) is 3.96. The molecular weight excluding hydrogens is 405 g/mol. The van der Waals surface area contributed by atoms with E-state index in [9.17, 15) is 13.2 Å². The molecule has 1 atom stereocenters. The second-order valence-electron chi connectivity index (χ2n) is 7.00. The third-order valence-electron chi connectivity index (χ3n) is 5.04.